The van der Waals surface area contributed by atoms with Crippen LogP contribution in [0.1, 0.15) is 19.4 Å². The van der Waals surface area contributed by atoms with Gasteiger partial charge < -0.3 is 4.98 Å². The Hall–Kier alpha value is -2.10. The first kappa shape index (κ1) is 16.3. The van der Waals surface area contributed by atoms with Gasteiger partial charge in [0.15, 0.2) is 0 Å². The van der Waals surface area contributed by atoms with E-state index in [1.54, 1.807) is 0 Å². The fourth-order valence-corrected chi connectivity index (χ4v) is 2.23. The standard InChI is InChI=1S/C12H12F3N3O3S/c1-6(2)22(20,21)18-10-11(19)17-9-5-7(12(13,14)15)3-4-8(9)16-10/h3-6H,1-2H3,(H,16,18)(H,17,19). The third kappa shape index (κ3) is 3.21. The summed E-state index contributed by atoms with van der Waals surface area (Å²) in [4.78, 5) is 17.7. The summed E-state index contributed by atoms with van der Waals surface area (Å²) in [6.45, 7) is 2.82. The zero-order chi connectivity index (χ0) is 16.7. The molecule has 0 aliphatic rings. The molecule has 0 bridgehead atoms. The minimum absolute atomic E-state index is 0.0362. The van der Waals surface area contributed by atoms with Crippen molar-refractivity contribution >= 4 is 26.9 Å². The zero-order valence-electron chi connectivity index (χ0n) is 11.5. The first-order valence-corrected chi connectivity index (χ1v) is 7.68. The van der Waals surface area contributed by atoms with Crippen molar-refractivity contribution in [3.05, 3.63) is 34.1 Å². The number of alkyl halides is 3. The molecule has 2 aromatic rings. The quantitative estimate of drug-likeness (QED) is 0.898. The Kier molecular flexibility index (Phi) is 3.90. The van der Waals surface area contributed by atoms with Crippen LogP contribution >= 0.6 is 0 Å². The molecule has 1 heterocycles. The largest absolute Gasteiger partial charge is 0.416 e. The number of aromatic nitrogens is 2. The van der Waals surface area contributed by atoms with Crippen molar-refractivity contribution in [1.29, 1.82) is 0 Å². The minimum atomic E-state index is -4.55. The van der Waals surface area contributed by atoms with Gasteiger partial charge in [-0.25, -0.2) is 13.4 Å². The molecule has 1 aromatic carbocycles. The minimum Gasteiger partial charge on any atom is -0.317 e. The van der Waals surface area contributed by atoms with Crippen molar-refractivity contribution in [2.45, 2.75) is 25.3 Å². The number of hydrogen-bond acceptors (Lipinski definition) is 4. The van der Waals surface area contributed by atoms with Crippen LogP contribution in [0.4, 0.5) is 19.0 Å². The third-order valence-electron chi connectivity index (χ3n) is 2.88. The van der Waals surface area contributed by atoms with E-state index >= 15 is 0 Å². The molecule has 10 heteroatoms. The van der Waals surface area contributed by atoms with Gasteiger partial charge in [-0.1, -0.05) is 0 Å². The summed E-state index contributed by atoms with van der Waals surface area (Å²) >= 11 is 0. The van der Waals surface area contributed by atoms with E-state index in [1.807, 2.05) is 4.72 Å². The molecule has 0 spiro atoms. The van der Waals surface area contributed by atoms with E-state index in [4.69, 9.17) is 0 Å². The van der Waals surface area contributed by atoms with Crippen LogP contribution in [-0.2, 0) is 16.2 Å². The van der Waals surface area contributed by atoms with Crippen LogP contribution in [0.25, 0.3) is 11.0 Å². The molecule has 22 heavy (non-hydrogen) atoms. The van der Waals surface area contributed by atoms with Gasteiger partial charge in [0, 0.05) is 0 Å². The second kappa shape index (κ2) is 5.27. The molecule has 0 amide bonds. The van der Waals surface area contributed by atoms with E-state index in [-0.39, 0.29) is 11.0 Å². The second-order valence-electron chi connectivity index (χ2n) is 4.84. The van der Waals surface area contributed by atoms with E-state index in [2.05, 4.69) is 9.97 Å². The number of H-pyrrole nitrogens is 1. The van der Waals surface area contributed by atoms with Gasteiger partial charge in [0.05, 0.1) is 21.8 Å². The van der Waals surface area contributed by atoms with Gasteiger partial charge in [-0.3, -0.25) is 9.52 Å². The van der Waals surface area contributed by atoms with Gasteiger partial charge in [0.2, 0.25) is 15.8 Å². The van der Waals surface area contributed by atoms with Crippen molar-refractivity contribution in [1.82, 2.24) is 9.97 Å². The second-order valence-corrected chi connectivity index (χ2v) is 7.08. The lowest BCUT2D eigenvalue weighted by molar-refractivity contribution is -0.137. The van der Waals surface area contributed by atoms with Gasteiger partial charge in [0.1, 0.15) is 0 Å². The number of fused-ring (bicyclic) bond motifs is 1. The number of aromatic amines is 1. The Bertz CT molecular complexity index is 873. The number of benzene rings is 1. The molecule has 2 N–H and O–H groups in total. The molecule has 0 unspecified atom stereocenters. The third-order valence-corrected chi connectivity index (χ3v) is 4.60. The lowest BCUT2D eigenvalue weighted by Crippen LogP contribution is -2.27. The Labute approximate surface area is 123 Å². The predicted molar refractivity (Wildman–Crippen MR) is 75.0 cm³/mol. The molecule has 0 saturated heterocycles. The smallest absolute Gasteiger partial charge is 0.317 e. The summed E-state index contributed by atoms with van der Waals surface area (Å²) in [5.74, 6) is -0.485. The first-order chi connectivity index (χ1) is 10.0. The molecule has 1 aromatic heterocycles. The summed E-state index contributed by atoms with van der Waals surface area (Å²) in [5, 5.41) is -0.794. The summed E-state index contributed by atoms with van der Waals surface area (Å²) in [7, 11) is -3.79. The van der Waals surface area contributed by atoms with E-state index in [1.165, 1.54) is 13.8 Å². The van der Waals surface area contributed by atoms with Crippen molar-refractivity contribution < 1.29 is 21.6 Å². The molecule has 0 fully saturated rings. The van der Waals surface area contributed by atoms with Crippen LogP contribution in [-0.4, -0.2) is 23.6 Å². The first-order valence-electron chi connectivity index (χ1n) is 6.13. The molecule has 0 radical (unpaired) electrons. The SMILES string of the molecule is CC(C)S(=O)(=O)Nc1nc2ccc(C(F)(F)F)cc2[nH]c1=O. The maximum absolute atomic E-state index is 12.6. The Morgan fingerprint density at radius 1 is 1.27 bits per heavy atom. The number of sulfonamides is 1. The Balaban J connectivity index is 2.54. The molecule has 0 aliphatic carbocycles. The monoisotopic (exact) mass is 335 g/mol. The number of anilines is 1. The van der Waals surface area contributed by atoms with Crippen LogP contribution in [0.15, 0.2) is 23.0 Å². The zero-order valence-corrected chi connectivity index (χ0v) is 12.3. The lowest BCUT2D eigenvalue weighted by atomic mass is 10.2. The van der Waals surface area contributed by atoms with Crippen LogP contribution in [0, 0.1) is 0 Å². The highest BCUT2D eigenvalue weighted by molar-refractivity contribution is 7.93. The van der Waals surface area contributed by atoms with Crippen molar-refractivity contribution in [3.8, 4) is 0 Å². The number of rotatable bonds is 3. The average molecular weight is 335 g/mol. The van der Waals surface area contributed by atoms with Crippen LogP contribution in [0.3, 0.4) is 0 Å². The van der Waals surface area contributed by atoms with Crippen LogP contribution < -0.4 is 10.3 Å². The summed E-state index contributed by atoms with van der Waals surface area (Å²) in [6.07, 6.45) is -4.55. The topological polar surface area (TPSA) is 91.9 Å². The van der Waals surface area contributed by atoms with E-state index in [0.29, 0.717) is 0 Å². The van der Waals surface area contributed by atoms with Gasteiger partial charge in [-0.05, 0) is 32.0 Å². The highest BCUT2D eigenvalue weighted by atomic mass is 32.2. The molecule has 6 nitrogen and oxygen atoms in total. The average Bonchev–Trinajstić information content (AvgIpc) is 2.37. The number of nitrogens with zero attached hydrogens (tertiary/aromatic N) is 1. The van der Waals surface area contributed by atoms with Gasteiger partial charge in [0.25, 0.3) is 5.56 Å². The summed E-state index contributed by atoms with van der Waals surface area (Å²) in [6, 6.07) is 2.60. The summed E-state index contributed by atoms with van der Waals surface area (Å²) in [5.41, 5.74) is -1.95. The fraction of sp³-hybridized carbons (Fsp3) is 0.333. The normalized spacial score (nSPS) is 12.8. The van der Waals surface area contributed by atoms with Crippen LogP contribution in [0.2, 0.25) is 0 Å². The maximum Gasteiger partial charge on any atom is 0.416 e. The molecule has 0 saturated carbocycles. The Morgan fingerprint density at radius 3 is 2.45 bits per heavy atom. The van der Waals surface area contributed by atoms with Gasteiger partial charge in [-0.2, -0.15) is 13.2 Å². The maximum atomic E-state index is 12.6. The summed E-state index contributed by atoms with van der Waals surface area (Å²) < 4.78 is 63.3. The Morgan fingerprint density at radius 2 is 1.91 bits per heavy atom. The van der Waals surface area contributed by atoms with E-state index in [9.17, 15) is 26.4 Å². The highest BCUT2D eigenvalue weighted by Crippen LogP contribution is 2.30. The van der Waals surface area contributed by atoms with Crippen LogP contribution in [0.5, 0.6) is 0 Å². The number of hydrogen-bond donors (Lipinski definition) is 2. The fourth-order valence-electron chi connectivity index (χ4n) is 1.58. The van der Waals surface area contributed by atoms with Gasteiger partial charge in [-0.15, -0.1) is 0 Å². The van der Waals surface area contributed by atoms with Gasteiger partial charge >= 0.3 is 6.18 Å². The number of nitrogens with one attached hydrogen (secondary N) is 2. The van der Waals surface area contributed by atoms with Crippen molar-refractivity contribution in [3.63, 3.8) is 0 Å². The molecule has 2 rings (SSSR count). The predicted octanol–water partition coefficient (Wildman–Crippen LogP) is 2.09. The van der Waals surface area contributed by atoms with Crippen molar-refractivity contribution in [2.75, 3.05) is 4.72 Å². The van der Waals surface area contributed by atoms with Crippen molar-refractivity contribution in [2.24, 2.45) is 0 Å². The highest BCUT2D eigenvalue weighted by Gasteiger charge is 2.30. The molecular weight excluding hydrogens is 323 g/mol. The van der Waals surface area contributed by atoms with E-state index < -0.39 is 38.4 Å². The van der Waals surface area contributed by atoms with E-state index in [0.717, 1.165) is 18.2 Å². The molecular formula is C12H12F3N3O3S. The molecule has 0 atom stereocenters. The lowest BCUT2D eigenvalue weighted by Gasteiger charge is -2.11. The molecule has 120 valence electrons. The number of halogens is 3. The molecule has 0 aliphatic heterocycles.